The molecule has 0 aromatic carbocycles. The van der Waals surface area contributed by atoms with Crippen molar-refractivity contribution < 1.29 is 13.2 Å². The lowest BCUT2D eigenvalue weighted by Crippen LogP contribution is -2.42. The highest BCUT2D eigenvalue weighted by atomic mass is 32.2. The Labute approximate surface area is 113 Å². The van der Waals surface area contributed by atoms with E-state index in [2.05, 4.69) is 46.9 Å². The monoisotopic (exact) mass is 285 g/mol. The Balaban J connectivity index is 4.26. The van der Waals surface area contributed by atoms with Crippen LogP contribution in [0.3, 0.4) is 0 Å². The Kier molecular flexibility index (Phi) is 6.54. The molecule has 0 aliphatic heterocycles. The highest BCUT2D eigenvalue weighted by Gasteiger charge is 2.30. The Hall–Kier alpha value is 0.100. The van der Waals surface area contributed by atoms with Gasteiger partial charge in [-0.15, -0.1) is 0 Å². The van der Waals surface area contributed by atoms with Crippen LogP contribution in [0.2, 0.25) is 0 Å². The SMILES string of the molecule is CC(C)(C)NCC(CCSC(F)(F)F)C(C)(C)C. The Morgan fingerprint density at radius 1 is 1.00 bits per heavy atom. The quantitative estimate of drug-likeness (QED) is 0.787. The van der Waals surface area contributed by atoms with Gasteiger partial charge < -0.3 is 5.32 Å². The van der Waals surface area contributed by atoms with Crippen LogP contribution in [0.5, 0.6) is 0 Å². The lowest BCUT2D eigenvalue weighted by molar-refractivity contribution is -0.0329. The van der Waals surface area contributed by atoms with Crippen molar-refractivity contribution in [2.45, 2.75) is 59.0 Å². The van der Waals surface area contributed by atoms with Gasteiger partial charge >= 0.3 is 5.51 Å². The number of nitrogens with one attached hydrogen (secondary N) is 1. The van der Waals surface area contributed by atoms with Crippen molar-refractivity contribution in [2.75, 3.05) is 12.3 Å². The molecule has 1 unspecified atom stereocenters. The molecule has 1 atom stereocenters. The van der Waals surface area contributed by atoms with E-state index in [0.717, 1.165) is 6.54 Å². The summed E-state index contributed by atoms with van der Waals surface area (Å²) in [6, 6.07) is 0. The zero-order chi connectivity index (χ0) is 14.6. The minimum Gasteiger partial charge on any atom is -0.312 e. The molecule has 1 nitrogen and oxygen atoms in total. The van der Waals surface area contributed by atoms with E-state index in [1.165, 1.54) is 0 Å². The van der Waals surface area contributed by atoms with Gasteiger partial charge in [-0.1, -0.05) is 32.5 Å². The van der Waals surface area contributed by atoms with Crippen LogP contribution in [0.1, 0.15) is 48.0 Å². The van der Waals surface area contributed by atoms with E-state index in [4.69, 9.17) is 0 Å². The minimum atomic E-state index is -4.11. The Morgan fingerprint density at radius 2 is 1.50 bits per heavy atom. The van der Waals surface area contributed by atoms with Gasteiger partial charge in [0.2, 0.25) is 0 Å². The summed E-state index contributed by atoms with van der Waals surface area (Å²) in [5, 5.41) is 3.39. The third-order valence-electron chi connectivity index (χ3n) is 2.84. The fourth-order valence-electron chi connectivity index (χ4n) is 1.59. The predicted octanol–water partition coefficient (Wildman–Crippen LogP) is 4.68. The minimum absolute atomic E-state index is 0.000665. The summed E-state index contributed by atoms with van der Waals surface area (Å²) in [7, 11) is 0. The molecule has 1 N–H and O–H groups in total. The van der Waals surface area contributed by atoms with E-state index >= 15 is 0 Å². The normalized spacial score (nSPS) is 15.8. The molecule has 0 bridgehead atoms. The smallest absolute Gasteiger partial charge is 0.312 e. The molecule has 0 amide bonds. The number of hydrogen-bond acceptors (Lipinski definition) is 2. The summed E-state index contributed by atoms with van der Waals surface area (Å²) in [5.74, 6) is 0.378. The number of hydrogen-bond donors (Lipinski definition) is 1. The Morgan fingerprint density at radius 3 is 1.83 bits per heavy atom. The van der Waals surface area contributed by atoms with Crippen molar-refractivity contribution in [3.63, 3.8) is 0 Å². The number of thioether (sulfide) groups is 1. The van der Waals surface area contributed by atoms with Crippen molar-refractivity contribution in [3.8, 4) is 0 Å². The molecular weight excluding hydrogens is 259 g/mol. The molecule has 0 aliphatic rings. The second-order valence-corrected chi connectivity index (χ2v) is 7.94. The first kappa shape index (κ1) is 18.1. The van der Waals surface area contributed by atoms with E-state index in [-0.39, 0.29) is 34.4 Å². The van der Waals surface area contributed by atoms with Crippen molar-refractivity contribution in [2.24, 2.45) is 11.3 Å². The predicted molar refractivity (Wildman–Crippen MR) is 73.8 cm³/mol. The fraction of sp³-hybridized carbons (Fsp3) is 1.00. The van der Waals surface area contributed by atoms with Gasteiger partial charge in [-0.05, 0) is 45.1 Å². The molecule has 18 heavy (non-hydrogen) atoms. The zero-order valence-electron chi connectivity index (χ0n) is 12.2. The molecule has 0 radical (unpaired) electrons. The lowest BCUT2D eigenvalue weighted by atomic mass is 9.79. The van der Waals surface area contributed by atoms with Crippen LogP contribution in [-0.2, 0) is 0 Å². The summed E-state index contributed by atoms with van der Waals surface area (Å²) >= 11 is 0.0836. The molecule has 0 aromatic heterocycles. The van der Waals surface area contributed by atoms with E-state index in [0.29, 0.717) is 6.42 Å². The second kappa shape index (κ2) is 6.51. The van der Waals surface area contributed by atoms with Crippen LogP contribution in [0, 0.1) is 11.3 Å². The van der Waals surface area contributed by atoms with E-state index in [1.807, 2.05) is 0 Å². The molecule has 0 aliphatic carbocycles. The molecule has 0 saturated heterocycles. The van der Waals surface area contributed by atoms with Crippen molar-refractivity contribution in [1.29, 1.82) is 0 Å². The van der Waals surface area contributed by atoms with Gasteiger partial charge in [0, 0.05) is 11.3 Å². The van der Waals surface area contributed by atoms with Crippen molar-refractivity contribution in [3.05, 3.63) is 0 Å². The summed E-state index contributed by atoms with van der Waals surface area (Å²) in [5.41, 5.74) is -4.09. The topological polar surface area (TPSA) is 12.0 Å². The van der Waals surface area contributed by atoms with Crippen molar-refractivity contribution in [1.82, 2.24) is 5.32 Å². The number of alkyl halides is 3. The third kappa shape index (κ3) is 10.1. The average Bonchev–Trinajstić information content (AvgIpc) is 2.04. The molecule has 5 heteroatoms. The zero-order valence-corrected chi connectivity index (χ0v) is 13.1. The Bertz CT molecular complexity index is 238. The first-order valence-electron chi connectivity index (χ1n) is 6.27. The maximum absolute atomic E-state index is 12.1. The van der Waals surface area contributed by atoms with Gasteiger partial charge in [-0.25, -0.2) is 0 Å². The first-order chi connectivity index (χ1) is 7.81. The van der Waals surface area contributed by atoms with Crippen LogP contribution in [0.25, 0.3) is 0 Å². The van der Waals surface area contributed by atoms with Crippen LogP contribution in [-0.4, -0.2) is 23.3 Å². The molecule has 110 valence electrons. The molecule has 0 fully saturated rings. The summed E-state index contributed by atoms with van der Waals surface area (Å²) < 4.78 is 36.4. The largest absolute Gasteiger partial charge is 0.441 e. The van der Waals surface area contributed by atoms with Crippen LogP contribution in [0.4, 0.5) is 13.2 Å². The van der Waals surface area contributed by atoms with Crippen LogP contribution < -0.4 is 5.32 Å². The van der Waals surface area contributed by atoms with Gasteiger partial charge in [0.25, 0.3) is 0 Å². The highest BCUT2D eigenvalue weighted by Crippen LogP contribution is 2.35. The van der Waals surface area contributed by atoms with Gasteiger partial charge in [0.15, 0.2) is 0 Å². The van der Waals surface area contributed by atoms with Crippen LogP contribution >= 0.6 is 11.8 Å². The molecular formula is C13H26F3NS. The highest BCUT2D eigenvalue weighted by molar-refractivity contribution is 8.00. The third-order valence-corrected chi connectivity index (χ3v) is 3.60. The molecule has 0 spiro atoms. The van der Waals surface area contributed by atoms with Crippen LogP contribution in [0.15, 0.2) is 0 Å². The fourth-order valence-corrected chi connectivity index (χ4v) is 2.22. The van der Waals surface area contributed by atoms with E-state index < -0.39 is 5.51 Å². The standard InChI is InChI=1S/C13H26F3NS/c1-11(2,3)10(9-17-12(4,5)6)7-8-18-13(14,15)16/h10,17H,7-9H2,1-6H3. The number of rotatable bonds is 5. The molecule has 0 rings (SSSR count). The van der Waals surface area contributed by atoms with Gasteiger partial charge in [-0.3, -0.25) is 0 Å². The molecule has 0 aromatic rings. The molecule has 0 saturated carbocycles. The van der Waals surface area contributed by atoms with Gasteiger partial charge in [0.05, 0.1) is 0 Å². The first-order valence-corrected chi connectivity index (χ1v) is 7.25. The van der Waals surface area contributed by atoms with Gasteiger partial charge in [-0.2, -0.15) is 13.2 Å². The number of halogens is 3. The summed E-state index contributed by atoms with van der Waals surface area (Å²) in [6.45, 7) is 13.2. The molecule has 0 heterocycles. The average molecular weight is 285 g/mol. The van der Waals surface area contributed by atoms with Crippen molar-refractivity contribution >= 4 is 11.8 Å². The van der Waals surface area contributed by atoms with E-state index in [9.17, 15) is 13.2 Å². The van der Waals surface area contributed by atoms with E-state index in [1.54, 1.807) is 0 Å². The maximum Gasteiger partial charge on any atom is 0.441 e. The maximum atomic E-state index is 12.1. The summed E-state index contributed by atoms with van der Waals surface area (Å²) in [6.07, 6.45) is 0.580. The summed E-state index contributed by atoms with van der Waals surface area (Å²) in [4.78, 5) is 0. The second-order valence-electron chi connectivity index (χ2n) is 6.78. The van der Waals surface area contributed by atoms with Gasteiger partial charge in [0.1, 0.15) is 0 Å². The lowest BCUT2D eigenvalue weighted by Gasteiger charge is -2.34.